The van der Waals surface area contributed by atoms with Gasteiger partial charge < -0.3 is 4.98 Å². The summed E-state index contributed by atoms with van der Waals surface area (Å²) < 4.78 is 32.5. The van der Waals surface area contributed by atoms with Gasteiger partial charge in [0.15, 0.2) is 5.65 Å². The molecule has 0 aliphatic rings. The Bertz CT molecular complexity index is 1120. The number of rotatable bonds is 4. The standard InChI is InChI=1S/C14H14N4O5S/c1-2-7-18-12-10(13(19)17-14(18)20)15-11(16-12)8-3-5-9(6-4-8)24(21,22)23/h3-6H,2,7H2,1H3,(H,15,16)(H,17,19,20)(H,21,22,23). The van der Waals surface area contributed by atoms with Gasteiger partial charge in [-0.1, -0.05) is 6.92 Å². The van der Waals surface area contributed by atoms with Gasteiger partial charge in [0.05, 0.1) is 4.90 Å². The highest BCUT2D eigenvalue weighted by Crippen LogP contribution is 2.20. The molecule has 0 amide bonds. The van der Waals surface area contributed by atoms with Gasteiger partial charge >= 0.3 is 5.69 Å². The largest absolute Gasteiger partial charge is 0.332 e. The van der Waals surface area contributed by atoms with Crippen molar-refractivity contribution in [2.45, 2.75) is 24.8 Å². The van der Waals surface area contributed by atoms with E-state index < -0.39 is 21.4 Å². The van der Waals surface area contributed by atoms with Crippen LogP contribution in [-0.4, -0.2) is 32.5 Å². The number of nitrogens with zero attached hydrogens (tertiary/aromatic N) is 2. The molecule has 10 heteroatoms. The average molecular weight is 350 g/mol. The van der Waals surface area contributed by atoms with Crippen molar-refractivity contribution in [2.75, 3.05) is 0 Å². The highest BCUT2D eigenvalue weighted by atomic mass is 32.2. The predicted octanol–water partition coefficient (Wildman–Crippen LogP) is 0.737. The van der Waals surface area contributed by atoms with Crippen LogP contribution in [0.5, 0.6) is 0 Å². The van der Waals surface area contributed by atoms with Crippen LogP contribution in [-0.2, 0) is 16.7 Å². The van der Waals surface area contributed by atoms with Crippen LogP contribution in [0.3, 0.4) is 0 Å². The monoisotopic (exact) mass is 350 g/mol. The van der Waals surface area contributed by atoms with Crippen LogP contribution >= 0.6 is 0 Å². The fraction of sp³-hybridized carbons (Fsp3) is 0.214. The van der Waals surface area contributed by atoms with Crippen molar-refractivity contribution in [3.05, 3.63) is 45.1 Å². The first-order valence-electron chi connectivity index (χ1n) is 7.12. The number of aryl methyl sites for hydroxylation is 1. The molecule has 1 aromatic carbocycles. The van der Waals surface area contributed by atoms with Crippen molar-refractivity contribution in [3.8, 4) is 11.4 Å². The quantitative estimate of drug-likeness (QED) is 0.593. The van der Waals surface area contributed by atoms with Gasteiger partial charge in [-0.05, 0) is 30.7 Å². The lowest BCUT2D eigenvalue weighted by Crippen LogP contribution is -2.30. The van der Waals surface area contributed by atoms with Crippen LogP contribution in [0.2, 0.25) is 0 Å². The minimum absolute atomic E-state index is 0.164. The first-order valence-corrected chi connectivity index (χ1v) is 8.56. The van der Waals surface area contributed by atoms with E-state index >= 15 is 0 Å². The molecule has 0 saturated heterocycles. The average Bonchev–Trinajstić information content (AvgIpc) is 2.96. The molecule has 24 heavy (non-hydrogen) atoms. The lowest BCUT2D eigenvalue weighted by molar-refractivity contribution is 0.483. The number of benzene rings is 1. The summed E-state index contributed by atoms with van der Waals surface area (Å²) in [6.45, 7) is 2.29. The summed E-state index contributed by atoms with van der Waals surface area (Å²) >= 11 is 0. The molecule has 0 fully saturated rings. The van der Waals surface area contributed by atoms with E-state index in [9.17, 15) is 18.0 Å². The molecule has 0 unspecified atom stereocenters. The summed E-state index contributed by atoms with van der Waals surface area (Å²) in [6.07, 6.45) is 0.687. The molecule has 0 atom stereocenters. The summed E-state index contributed by atoms with van der Waals surface area (Å²) in [5, 5.41) is 0. The lowest BCUT2D eigenvalue weighted by Gasteiger charge is -2.02. The molecule has 0 spiro atoms. The second-order valence-corrected chi connectivity index (χ2v) is 6.62. The summed E-state index contributed by atoms with van der Waals surface area (Å²) in [7, 11) is -4.28. The van der Waals surface area contributed by atoms with Gasteiger partial charge in [-0.15, -0.1) is 0 Å². The van der Waals surface area contributed by atoms with Crippen LogP contribution in [0.4, 0.5) is 0 Å². The highest BCUT2D eigenvalue weighted by molar-refractivity contribution is 7.85. The molecule has 126 valence electrons. The molecule has 3 aromatic rings. The number of hydrogen-bond acceptors (Lipinski definition) is 5. The number of imidazole rings is 1. The molecule has 9 nitrogen and oxygen atoms in total. The molecule has 0 aliphatic carbocycles. The van der Waals surface area contributed by atoms with Crippen molar-refractivity contribution >= 4 is 21.3 Å². The van der Waals surface area contributed by atoms with E-state index in [1.807, 2.05) is 6.92 Å². The lowest BCUT2D eigenvalue weighted by atomic mass is 10.2. The van der Waals surface area contributed by atoms with E-state index in [0.717, 1.165) is 0 Å². The maximum atomic E-state index is 11.9. The summed E-state index contributed by atoms with van der Waals surface area (Å²) in [4.78, 5) is 32.9. The normalized spacial score (nSPS) is 11.9. The summed E-state index contributed by atoms with van der Waals surface area (Å²) in [6, 6.07) is 5.33. The Kier molecular flexibility index (Phi) is 3.85. The van der Waals surface area contributed by atoms with Crippen LogP contribution in [0, 0.1) is 0 Å². The fourth-order valence-corrected chi connectivity index (χ4v) is 2.87. The topological polar surface area (TPSA) is 138 Å². The van der Waals surface area contributed by atoms with E-state index in [0.29, 0.717) is 24.4 Å². The van der Waals surface area contributed by atoms with Crippen LogP contribution < -0.4 is 11.2 Å². The predicted molar refractivity (Wildman–Crippen MR) is 86.5 cm³/mol. The zero-order valence-electron chi connectivity index (χ0n) is 12.6. The molecular formula is C14H14N4O5S. The Morgan fingerprint density at radius 3 is 2.42 bits per heavy atom. The number of hydrogen-bond donors (Lipinski definition) is 3. The molecule has 0 saturated carbocycles. The number of nitrogens with one attached hydrogen (secondary N) is 2. The minimum Gasteiger partial charge on any atom is -0.332 e. The fourth-order valence-electron chi connectivity index (χ4n) is 2.39. The molecule has 2 aromatic heterocycles. The first-order chi connectivity index (χ1) is 11.3. The third kappa shape index (κ3) is 2.76. The van der Waals surface area contributed by atoms with Gasteiger partial charge in [-0.25, -0.2) is 9.78 Å². The zero-order chi connectivity index (χ0) is 17.5. The number of aromatic nitrogens is 4. The zero-order valence-corrected chi connectivity index (χ0v) is 13.4. The maximum Gasteiger partial charge on any atom is 0.330 e. The third-order valence-corrected chi connectivity index (χ3v) is 4.37. The van der Waals surface area contributed by atoms with Crippen molar-refractivity contribution < 1.29 is 13.0 Å². The molecule has 0 aliphatic heterocycles. The van der Waals surface area contributed by atoms with Crippen molar-refractivity contribution in [3.63, 3.8) is 0 Å². The van der Waals surface area contributed by atoms with E-state index in [1.54, 1.807) is 0 Å². The Labute approximate surface area is 135 Å². The van der Waals surface area contributed by atoms with Crippen LogP contribution in [0.25, 0.3) is 22.6 Å². The maximum absolute atomic E-state index is 11.9. The van der Waals surface area contributed by atoms with Crippen LogP contribution in [0.15, 0.2) is 38.8 Å². The van der Waals surface area contributed by atoms with Gasteiger partial charge in [-0.3, -0.25) is 18.9 Å². The van der Waals surface area contributed by atoms with Crippen LogP contribution in [0.1, 0.15) is 13.3 Å². The molecule has 3 rings (SSSR count). The smallest absolute Gasteiger partial charge is 0.330 e. The Morgan fingerprint density at radius 2 is 1.83 bits per heavy atom. The van der Waals surface area contributed by atoms with Gasteiger partial charge in [0.1, 0.15) is 11.3 Å². The Balaban J connectivity index is 2.18. The molecule has 2 heterocycles. The number of aromatic amines is 2. The first kappa shape index (κ1) is 16.1. The second-order valence-electron chi connectivity index (χ2n) is 5.19. The molecular weight excluding hydrogens is 336 g/mol. The Hall–Kier alpha value is -2.72. The van der Waals surface area contributed by atoms with Crippen molar-refractivity contribution in [1.82, 2.24) is 19.5 Å². The summed E-state index contributed by atoms with van der Waals surface area (Å²) in [5.74, 6) is 0.313. The third-order valence-electron chi connectivity index (χ3n) is 3.51. The van der Waals surface area contributed by atoms with Crippen molar-refractivity contribution in [2.24, 2.45) is 0 Å². The molecule has 0 radical (unpaired) electrons. The van der Waals surface area contributed by atoms with E-state index in [2.05, 4.69) is 15.0 Å². The second kappa shape index (κ2) is 5.73. The van der Waals surface area contributed by atoms with E-state index in [1.165, 1.54) is 28.8 Å². The summed E-state index contributed by atoms with van der Waals surface area (Å²) in [5.41, 5.74) is -0.199. The molecule has 0 bridgehead atoms. The SMILES string of the molecule is CCCn1c(=O)[nH]c(=O)c2[nH]c(-c3ccc(S(=O)(=O)O)cc3)nc21. The van der Waals surface area contributed by atoms with Gasteiger partial charge in [0, 0.05) is 12.1 Å². The molecule has 3 N–H and O–H groups in total. The van der Waals surface area contributed by atoms with E-state index in [4.69, 9.17) is 4.55 Å². The number of H-pyrrole nitrogens is 2. The highest BCUT2D eigenvalue weighted by Gasteiger charge is 2.15. The number of fused-ring (bicyclic) bond motifs is 1. The van der Waals surface area contributed by atoms with Gasteiger partial charge in [-0.2, -0.15) is 8.42 Å². The van der Waals surface area contributed by atoms with Gasteiger partial charge in [0.2, 0.25) is 0 Å². The van der Waals surface area contributed by atoms with Gasteiger partial charge in [0.25, 0.3) is 15.7 Å². The Morgan fingerprint density at radius 1 is 1.17 bits per heavy atom. The van der Waals surface area contributed by atoms with E-state index in [-0.39, 0.29) is 16.1 Å². The van der Waals surface area contributed by atoms with Crippen molar-refractivity contribution in [1.29, 1.82) is 0 Å². The minimum atomic E-state index is -4.28.